The molecule has 1 aromatic rings. The third-order valence-corrected chi connectivity index (χ3v) is 4.41. The van der Waals surface area contributed by atoms with E-state index < -0.39 is 0 Å². The zero-order valence-corrected chi connectivity index (χ0v) is 11.4. The normalized spacial score (nSPS) is 22.9. The first-order valence-corrected chi connectivity index (χ1v) is 7.05. The number of fused-ring (bicyclic) bond motifs is 1. The predicted octanol–water partition coefficient (Wildman–Crippen LogP) is -0.0870. The minimum Gasteiger partial charge on any atom is -0.377 e. The van der Waals surface area contributed by atoms with Gasteiger partial charge in [-0.15, -0.1) is 5.10 Å². The van der Waals surface area contributed by atoms with Gasteiger partial charge in [0.05, 0.1) is 6.54 Å². The molecule has 2 fully saturated rings. The zero-order chi connectivity index (χ0) is 13.4. The van der Waals surface area contributed by atoms with Crippen LogP contribution in [0.15, 0.2) is 0 Å². The van der Waals surface area contributed by atoms with Crippen molar-refractivity contribution in [2.75, 3.05) is 25.5 Å². The number of amides is 2. The molecule has 8 heteroatoms. The number of piperazine rings is 1. The molecule has 3 heterocycles. The second-order valence-electron chi connectivity index (χ2n) is 4.74. The van der Waals surface area contributed by atoms with E-state index in [1.165, 1.54) is 11.5 Å². The molecular weight excluding hydrogens is 266 g/mol. The first kappa shape index (κ1) is 12.3. The van der Waals surface area contributed by atoms with Gasteiger partial charge in [-0.05, 0) is 12.8 Å². The summed E-state index contributed by atoms with van der Waals surface area (Å²) in [5.41, 5.74) is 0.722. The predicted molar refractivity (Wildman–Crippen MR) is 69.6 cm³/mol. The fourth-order valence-electron chi connectivity index (χ4n) is 2.68. The minimum absolute atomic E-state index is 0.0344. The molecule has 102 valence electrons. The topological polar surface area (TPSA) is 78.4 Å². The highest BCUT2D eigenvalue weighted by Gasteiger charge is 2.42. The highest BCUT2D eigenvalue weighted by Crippen LogP contribution is 2.26. The van der Waals surface area contributed by atoms with Gasteiger partial charge in [0.1, 0.15) is 23.3 Å². The molecule has 1 unspecified atom stereocenters. The summed E-state index contributed by atoms with van der Waals surface area (Å²) >= 11 is 1.25. The van der Waals surface area contributed by atoms with Crippen molar-refractivity contribution in [1.29, 1.82) is 0 Å². The fraction of sp³-hybridized carbons (Fsp3) is 0.636. The number of hydrogen-bond donors (Lipinski definition) is 1. The summed E-state index contributed by atoms with van der Waals surface area (Å²) in [5, 5.41) is 7.85. The van der Waals surface area contributed by atoms with Crippen LogP contribution in [0.2, 0.25) is 0 Å². The van der Waals surface area contributed by atoms with E-state index in [0.717, 1.165) is 23.5 Å². The van der Waals surface area contributed by atoms with Crippen molar-refractivity contribution < 1.29 is 9.59 Å². The van der Waals surface area contributed by atoms with Crippen molar-refractivity contribution in [3.05, 3.63) is 5.69 Å². The van der Waals surface area contributed by atoms with Gasteiger partial charge in [-0.2, -0.15) is 0 Å². The number of aromatic nitrogens is 2. The maximum Gasteiger partial charge on any atom is 0.246 e. The van der Waals surface area contributed by atoms with Crippen molar-refractivity contribution in [3.8, 4) is 0 Å². The number of nitrogens with one attached hydrogen (secondary N) is 1. The van der Waals surface area contributed by atoms with Gasteiger partial charge >= 0.3 is 0 Å². The van der Waals surface area contributed by atoms with E-state index >= 15 is 0 Å². The molecule has 2 saturated heterocycles. The second kappa shape index (κ2) is 4.76. The van der Waals surface area contributed by atoms with Crippen LogP contribution in [0.5, 0.6) is 0 Å². The Morgan fingerprint density at radius 3 is 3.11 bits per heavy atom. The molecule has 2 aliphatic rings. The summed E-state index contributed by atoms with van der Waals surface area (Å²) in [7, 11) is 1.79. The van der Waals surface area contributed by atoms with Gasteiger partial charge in [0, 0.05) is 25.1 Å². The van der Waals surface area contributed by atoms with Crippen LogP contribution in [-0.4, -0.2) is 57.4 Å². The molecule has 2 amide bonds. The van der Waals surface area contributed by atoms with Crippen LogP contribution >= 0.6 is 11.5 Å². The highest BCUT2D eigenvalue weighted by atomic mass is 32.1. The molecule has 7 nitrogen and oxygen atoms in total. The molecule has 1 aromatic heterocycles. The standard InChI is InChI=1S/C11H15N5O2S/c1-12-10-7(13-14-19-10)5-15-6-9(17)16-4-2-3-8(16)11(15)18/h8,12H,2-6H2,1H3. The monoisotopic (exact) mass is 281 g/mol. The highest BCUT2D eigenvalue weighted by molar-refractivity contribution is 7.10. The Morgan fingerprint density at radius 2 is 2.32 bits per heavy atom. The Balaban J connectivity index is 1.78. The van der Waals surface area contributed by atoms with Crippen LogP contribution in [0.4, 0.5) is 5.00 Å². The lowest BCUT2D eigenvalue weighted by molar-refractivity contribution is -0.154. The van der Waals surface area contributed by atoms with E-state index in [2.05, 4.69) is 14.9 Å². The number of anilines is 1. The summed E-state index contributed by atoms with van der Waals surface area (Å²) in [6, 6.07) is -0.258. The summed E-state index contributed by atoms with van der Waals surface area (Å²) in [5.74, 6) is 0.0726. The van der Waals surface area contributed by atoms with Gasteiger partial charge in [0.15, 0.2) is 0 Å². The van der Waals surface area contributed by atoms with Gasteiger partial charge in [-0.1, -0.05) is 4.49 Å². The van der Waals surface area contributed by atoms with Crippen LogP contribution in [-0.2, 0) is 16.1 Å². The molecule has 0 radical (unpaired) electrons. The molecule has 19 heavy (non-hydrogen) atoms. The Morgan fingerprint density at radius 1 is 1.47 bits per heavy atom. The first-order chi connectivity index (χ1) is 9.20. The molecule has 0 aliphatic carbocycles. The third-order valence-electron chi connectivity index (χ3n) is 3.62. The molecule has 0 spiro atoms. The van der Waals surface area contributed by atoms with E-state index in [0.29, 0.717) is 13.1 Å². The van der Waals surface area contributed by atoms with E-state index in [1.807, 2.05) is 0 Å². The van der Waals surface area contributed by atoms with Crippen LogP contribution in [0.1, 0.15) is 18.5 Å². The fourth-order valence-corrected chi connectivity index (χ4v) is 3.20. The van der Waals surface area contributed by atoms with Gasteiger partial charge in [-0.3, -0.25) is 9.59 Å². The van der Waals surface area contributed by atoms with E-state index in [4.69, 9.17) is 0 Å². The first-order valence-electron chi connectivity index (χ1n) is 6.28. The number of hydrogen-bond acceptors (Lipinski definition) is 6. The van der Waals surface area contributed by atoms with Crippen molar-refractivity contribution in [2.45, 2.75) is 25.4 Å². The maximum absolute atomic E-state index is 12.3. The van der Waals surface area contributed by atoms with Gasteiger partial charge < -0.3 is 15.1 Å². The minimum atomic E-state index is -0.258. The average Bonchev–Trinajstić information content (AvgIpc) is 3.04. The average molecular weight is 281 g/mol. The summed E-state index contributed by atoms with van der Waals surface area (Å²) in [6.45, 7) is 1.21. The SMILES string of the molecule is CNc1snnc1CN1CC(=O)N2CCCC2C1=O. The summed E-state index contributed by atoms with van der Waals surface area (Å²) in [4.78, 5) is 27.6. The number of carbonyl (C=O) groups is 2. The van der Waals surface area contributed by atoms with E-state index in [9.17, 15) is 9.59 Å². The van der Waals surface area contributed by atoms with E-state index in [-0.39, 0.29) is 24.4 Å². The van der Waals surface area contributed by atoms with Crippen molar-refractivity contribution in [3.63, 3.8) is 0 Å². The largest absolute Gasteiger partial charge is 0.377 e. The van der Waals surface area contributed by atoms with Crippen LogP contribution in [0.25, 0.3) is 0 Å². The Labute approximate surface area is 114 Å². The van der Waals surface area contributed by atoms with Gasteiger partial charge in [0.25, 0.3) is 0 Å². The lowest BCUT2D eigenvalue weighted by Crippen LogP contribution is -2.56. The van der Waals surface area contributed by atoms with Crippen molar-refractivity contribution in [2.24, 2.45) is 0 Å². The van der Waals surface area contributed by atoms with Crippen LogP contribution in [0, 0.1) is 0 Å². The number of nitrogens with zero attached hydrogens (tertiary/aromatic N) is 4. The molecule has 1 N–H and O–H groups in total. The molecule has 0 aromatic carbocycles. The van der Waals surface area contributed by atoms with Crippen molar-refractivity contribution >= 4 is 28.3 Å². The third kappa shape index (κ3) is 2.05. The quantitative estimate of drug-likeness (QED) is 0.838. The molecule has 0 bridgehead atoms. The molecule has 1 atom stereocenters. The van der Waals surface area contributed by atoms with Crippen LogP contribution in [0.3, 0.4) is 0 Å². The van der Waals surface area contributed by atoms with Crippen LogP contribution < -0.4 is 5.32 Å². The summed E-state index contributed by atoms with van der Waals surface area (Å²) in [6.07, 6.45) is 1.69. The second-order valence-corrected chi connectivity index (χ2v) is 5.49. The summed E-state index contributed by atoms with van der Waals surface area (Å²) < 4.78 is 3.86. The lowest BCUT2D eigenvalue weighted by Gasteiger charge is -2.36. The Bertz CT molecular complexity index is 517. The van der Waals surface area contributed by atoms with Gasteiger partial charge in [0.2, 0.25) is 11.8 Å². The maximum atomic E-state index is 12.3. The molecule has 0 saturated carbocycles. The van der Waals surface area contributed by atoms with E-state index in [1.54, 1.807) is 16.8 Å². The lowest BCUT2D eigenvalue weighted by atomic mass is 10.1. The number of carbonyl (C=O) groups excluding carboxylic acids is 2. The van der Waals surface area contributed by atoms with Crippen molar-refractivity contribution in [1.82, 2.24) is 19.4 Å². The zero-order valence-electron chi connectivity index (χ0n) is 10.6. The smallest absolute Gasteiger partial charge is 0.246 e. The molecule has 2 aliphatic heterocycles. The Kier molecular flexibility index (Phi) is 3.09. The Hall–Kier alpha value is -1.70. The molecular formula is C11H15N5O2S. The van der Waals surface area contributed by atoms with Gasteiger partial charge in [-0.25, -0.2) is 0 Å². The molecule has 3 rings (SSSR count). The number of rotatable bonds is 3.